The Bertz CT molecular complexity index is 612. The number of carbonyl (C=O) groups excluding carboxylic acids is 1. The molecule has 0 aromatic carbocycles. The normalized spacial score (nSPS) is 22.4. The van der Waals surface area contributed by atoms with Gasteiger partial charge in [0.15, 0.2) is 12.1 Å². The van der Waals surface area contributed by atoms with Gasteiger partial charge in [-0.05, 0) is 31.1 Å². The number of imidazole rings is 1. The van der Waals surface area contributed by atoms with Gasteiger partial charge in [-0.3, -0.25) is 4.79 Å². The van der Waals surface area contributed by atoms with Crippen molar-refractivity contribution in [1.82, 2.24) is 14.5 Å². The molecule has 0 aliphatic heterocycles. The van der Waals surface area contributed by atoms with E-state index < -0.39 is 6.72 Å². The van der Waals surface area contributed by atoms with E-state index in [9.17, 15) is 14.6 Å². The number of aliphatic imine (C=N–C) groups is 1. The van der Waals surface area contributed by atoms with Gasteiger partial charge in [-0.2, -0.15) is 0 Å². The Kier molecular flexibility index (Phi) is 5.46. The Labute approximate surface area is 133 Å². The Hall–Kier alpha value is -1.12. The van der Waals surface area contributed by atoms with E-state index in [-0.39, 0.29) is 17.8 Å². The molecule has 1 aromatic rings. The molecule has 0 spiro atoms. The van der Waals surface area contributed by atoms with Crippen molar-refractivity contribution >= 4 is 37.0 Å². The summed E-state index contributed by atoms with van der Waals surface area (Å²) in [6, 6.07) is 0.0297. The lowest BCUT2D eigenvalue weighted by Crippen LogP contribution is -2.10. The maximum absolute atomic E-state index is 11.1. The monoisotopic (exact) mass is 346 g/mol. The zero-order valence-electron chi connectivity index (χ0n) is 12.4. The average Bonchev–Trinajstić information content (AvgIpc) is 2.99. The molecule has 8 nitrogen and oxygen atoms in total. The highest BCUT2D eigenvalue weighted by atomic mass is 32.5. The van der Waals surface area contributed by atoms with Crippen LogP contribution in [-0.2, 0) is 16.3 Å². The van der Waals surface area contributed by atoms with Crippen LogP contribution in [0.1, 0.15) is 35.8 Å². The van der Waals surface area contributed by atoms with Gasteiger partial charge in [-0.1, -0.05) is 0 Å². The number of aromatic nitrogens is 2. The van der Waals surface area contributed by atoms with Gasteiger partial charge < -0.3 is 23.8 Å². The molecule has 1 heterocycles. The van der Waals surface area contributed by atoms with Crippen LogP contribution < -0.4 is 0 Å². The van der Waals surface area contributed by atoms with E-state index in [4.69, 9.17) is 4.52 Å². The van der Waals surface area contributed by atoms with Gasteiger partial charge in [0.2, 0.25) is 0 Å². The van der Waals surface area contributed by atoms with Crippen molar-refractivity contribution in [2.45, 2.75) is 31.4 Å². The molecular formula is C12H19N4O4PS. The van der Waals surface area contributed by atoms with E-state index in [2.05, 4.69) is 21.8 Å². The van der Waals surface area contributed by atoms with Crippen molar-refractivity contribution in [3.63, 3.8) is 0 Å². The zero-order chi connectivity index (χ0) is 16.3. The van der Waals surface area contributed by atoms with Crippen molar-refractivity contribution in [2.75, 3.05) is 14.1 Å². The van der Waals surface area contributed by atoms with Crippen LogP contribution >= 0.6 is 6.72 Å². The molecule has 1 aliphatic rings. The van der Waals surface area contributed by atoms with E-state index >= 15 is 0 Å². The summed E-state index contributed by atoms with van der Waals surface area (Å²) in [4.78, 5) is 39.7. The predicted molar refractivity (Wildman–Crippen MR) is 85.9 cm³/mol. The second kappa shape index (κ2) is 6.97. The van der Waals surface area contributed by atoms with Crippen LogP contribution in [0.4, 0.5) is 5.82 Å². The van der Waals surface area contributed by atoms with Crippen molar-refractivity contribution < 1.29 is 19.1 Å². The Morgan fingerprint density at radius 3 is 2.86 bits per heavy atom. The number of nitrogens with zero attached hydrogens (tertiary/aromatic N) is 4. The average molecular weight is 346 g/mol. The topological polar surface area (TPSA) is 100 Å². The van der Waals surface area contributed by atoms with Crippen LogP contribution in [0.3, 0.4) is 0 Å². The maximum Gasteiger partial charge on any atom is 0.322 e. The minimum atomic E-state index is -3.66. The van der Waals surface area contributed by atoms with Crippen LogP contribution in [0.2, 0.25) is 0 Å². The quantitative estimate of drug-likeness (QED) is 0.346. The minimum absolute atomic E-state index is 0.0297. The first-order chi connectivity index (χ1) is 10.3. The van der Waals surface area contributed by atoms with E-state index in [1.54, 1.807) is 17.6 Å². The van der Waals surface area contributed by atoms with Gasteiger partial charge in [0, 0.05) is 20.1 Å². The number of rotatable bonds is 6. The first-order valence-corrected chi connectivity index (χ1v) is 9.39. The molecule has 22 heavy (non-hydrogen) atoms. The molecule has 0 amide bonds. The second-order valence-corrected chi connectivity index (χ2v) is 7.99. The summed E-state index contributed by atoms with van der Waals surface area (Å²) >= 11 is 4.50. The molecule has 10 heteroatoms. The number of hydrogen-bond acceptors (Lipinski definition) is 5. The van der Waals surface area contributed by atoms with Crippen LogP contribution in [0.5, 0.6) is 0 Å². The fraction of sp³-hybridized carbons (Fsp3) is 0.583. The van der Waals surface area contributed by atoms with Crippen molar-refractivity contribution in [3.8, 4) is 0 Å². The smallest absolute Gasteiger partial charge is 0.322 e. The van der Waals surface area contributed by atoms with Gasteiger partial charge >= 0.3 is 6.72 Å². The van der Waals surface area contributed by atoms with E-state index in [0.717, 1.165) is 6.42 Å². The van der Waals surface area contributed by atoms with Crippen LogP contribution in [0.15, 0.2) is 11.3 Å². The summed E-state index contributed by atoms with van der Waals surface area (Å²) in [6.45, 7) is -3.66. The summed E-state index contributed by atoms with van der Waals surface area (Å²) in [5.74, 6) is 0.488. The molecule has 0 saturated heterocycles. The summed E-state index contributed by atoms with van der Waals surface area (Å²) in [6.07, 6.45) is 5.53. The lowest BCUT2D eigenvalue weighted by molar-refractivity contribution is 0.112. The molecule has 1 aromatic heterocycles. The van der Waals surface area contributed by atoms with Crippen molar-refractivity contribution in [1.29, 1.82) is 0 Å². The highest BCUT2D eigenvalue weighted by Gasteiger charge is 2.31. The highest BCUT2D eigenvalue weighted by molar-refractivity contribution is 8.06. The van der Waals surface area contributed by atoms with Crippen LogP contribution in [0.25, 0.3) is 0 Å². The number of aldehydes is 1. The third-order valence-corrected chi connectivity index (χ3v) is 4.19. The molecule has 2 N–H and O–H groups in total. The van der Waals surface area contributed by atoms with E-state index in [0.29, 0.717) is 24.9 Å². The first-order valence-electron chi connectivity index (χ1n) is 6.76. The minimum Gasteiger partial charge on any atom is -0.369 e. The van der Waals surface area contributed by atoms with E-state index in [1.165, 1.54) is 0 Å². The molecule has 0 bridgehead atoms. The molecule has 2 unspecified atom stereocenters. The zero-order valence-corrected chi connectivity index (χ0v) is 14.1. The molecule has 2 atom stereocenters. The molecule has 122 valence electrons. The highest BCUT2D eigenvalue weighted by Crippen LogP contribution is 2.45. The fourth-order valence-corrected chi connectivity index (χ4v) is 3.43. The Morgan fingerprint density at radius 2 is 2.27 bits per heavy atom. The van der Waals surface area contributed by atoms with Gasteiger partial charge in [0.25, 0.3) is 0 Å². The molecule has 1 fully saturated rings. The summed E-state index contributed by atoms with van der Waals surface area (Å²) in [5, 5.41) is 0. The summed E-state index contributed by atoms with van der Waals surface area (Å²) < 4.78 is 6.93. The summed E-state index contributed by atoms with van der Waals surface area (Å²) in [5.41, 5.74) is 0.275. The lowest BCUT2D eigenvalue weighted by atomic mass is 10.2. The molecular weight excluding hydrogens is 327 g/mol. The largest absolute Gasteiger partial charge is 0.369 e. The fourth-order valence-electron chi connectivity index (χ4n) is 2.48. The molecule has 0 radical (unpaired) electrons. The third kappa shape index (κ3) is 4.44. The molecule has 1 saturated carbocycles. The lowest BCUT2D eigenvalue weighted by Gasteiger charge is -2.16. The van der Waals surface area contributed by atoms with Gasteiger partial charge in [-0.25, -0.2) is 9.98 Å². The molecule has 2 rings (SSSR count). The molecule has 1 aliphatic carbocycles. The summed E-state index contributed by atoms with van der Waals surface area (Å²) in [7, 11) is 3.67. The van der Waals surface area contributed by atoms with Gasteiger partial charge in [-0.15, -0.1) is 0 Å². The maximum atomic E-state index is 11.1. The predicted octanol–water partition coefficient (Wildman–Crippen LogP) is 1.24. The second-order valence-electron chi connectivity index (χ2n) is 5.37. The standard InChI is InChI=1S/C12H19N4O4PS/c1-15(2)7-14-12-11(6-17)13-8-16(12)9-3-4-10(5-9)20-21(18,19)22/h6-10H,3-5H2,1-2H3,(H2,18,19,22). The van der Waals surface area contributed by atoms with Crippen molar-refractivity contribution in [3.05, 3.63) is 12.0 Å². The Morgan fingerprint density at radius 1 is 1.55 bits per heavy atom. The number of hydrogen-bond donors (Lipinski definition) is 2. The third-order valence-electron chi connectivity index (χ3n) is 3.35. The van der Waals surface area contributed by atoms with E-state index in [1.807, 2.05) is 18.7 Å². The number of carbonyl (C=O) groups is 1. The van der Waals surface area contributed by atoms with Crippen molar-refractivity contribution in [2.24, 2.45) is 4.99 Å². The van der Waals surface area contributed by atoms with Gasteiger partial charge in [0.05, 0.1) is 18.8 Å². The van der Waals surface area contributed by atoms with Crippen LogP contribution in [-0.4, -0.2) is 57.1 Å². The van der Waals surface area contributed by atoms with Gasteiger partial charge in [0.1, 0.15) is 5.69 Å². The van der Waals surface area contributed by atoms with Crippen LogP contribution in [0, 0.1) is 0 Å². The Balaban J connectivity index is 2.18. The first kappa shape index (κ1) is 17.2. The SMILES string of the molecule is CN(C)C=Nc1c(C=O)ncn1C1CCC(OP(O)(O)=S)C1.